The summed E-state index contributed by atoms with van der Waals surface area (Å²) in [4.78, 5) is 0.503. The summed E-state index contributed by atoms with van der Waals surface area (Å²) in [5, 5.41) is 0. The highest BCUT2D eigenvalue weighted by molar-refractivity contribution is 7.91. The van der Waals surface area contributed by atoms with Crippen LogP contribution in [0.4, 0.5) is 0 Å². The van der Waals surface area contributed by atoms with Crippen LogP contribution >= 0.6 is 0 Å². The van der Waals surface area contributed by atoms with Crippen molar-refractivity contribution in [1.82, 2.24) is 0 Å². The molecule has 0 aliphatic rings. The number of benzene rings is 2. The third-order valence-electron chi connectivity index (χ3n) is 2.02. The summed E-state index contributed by atoms with van der Waals surface area (Å²) in [6, 6.07) is 17.6. The van der Waals surface area contributed by atoms with Crippen molar-refractivity contribution in [3.8, 4) is 0 Å². The number of rotatable bonds is 2. The highest BCUT2D eigenvalue weighted by Crippen LogP contribution is 2.18. The molecule has 15 heavy (non-hydrogen) atoms. The van der Waals surface area contributed by atoms with Crippen LogP contribution in [-0.2, 0) is 9.84 Å². The molecule has 0 amide bonds. The van der Waals surface area contributed by atoms with Crippen LogP contribution in [0.15, 0.2) is 64.4 Å². The smallest absolute Gasteiger partial charge is 0.207 e. The van der Waals surface area contributed by atoms with Gasteiger partial charge in [-0.3, -0.25) is 0 Å². The average Bonchev–Trinajstić information content (AvgIpc) is 2.31. The zero-order chi connectivity index (χ0) is 10.7. The highest BCUT2D eigenvalue weighted by Gasteiger charge is 2.16. The summed E-state index contributed by atoms with van der Waals surface area (Å²) in [6.45, 7) is 0. The van der Waals surface area contributed by atoms with Crippen LogP contribution in [0, 0.1) is 6.07 Å². The Morgan fingerprint density at radius 1 is 0.867 bits per heavy atom. The van der Waals surface area contributed by atoms with Gasteiger partial charge in [0.15, 0.2) is 0 Å². The second-order valence-electron chi connectivity index (χ2n) is 3.04. The highest BCUT2D eigenvalue weighted by atomic mass is 32.2. The maximum absolute atomic E-state index is 12.0. The molecule has 3 heteroatoms. The van der Waals surface area contributed by atoms with E-state index < -0.39 is 9.84 Å². The Labute approximate surface area is 89.1 Å². The van der Waals surface area contributed by atoms with E-state index in [2.05, 4.69) is 6.07 Å². The van der Waals surface area contributed by atoms with E-state index in [9.17, 15) is 8.42 Å². The standard InChI is InChI=1S/C12H9O2S/c13-15(14,11-7-3-1-4-8-11)12-9-5-2-6-10-12/h1-9H. The van der Waals surface area contributed by atoms with Gasteiger partial charge in [-0.05, 0) is 18.2 Å². The summed E-state index contributed by atoms with van der Waals surface area (Å²) in [5.74, 6) is 0. The van der Waals surface area contributed by atoms with Gasteiger partial charge in [0, 0.05) is 6.07 Å². The molecule has 0 atom stereocenters. The molecule has 0 heterocycles. The number of hydrogen-bond donors (Lipinski definition) is 0. The maximum Gasteiger partial charge on any atom is 0.207 e. The van der Waals surface area contributed by atoms with Gasteiger partial charge in [0.1, 0.15) is 0 Å². The van der Waals surface area contributed by atoms with E-state index in [1.165, 1.54) is 0 Å². The Hall–Kier alpha value is -1.61. The van der Waals surface area contributed by atoms with E-state index in [1.54, 1.807) is 54.6 Å². The van der Waals surface area contributed by atoms with Crippen LogP contribution in [-0.4, -0.2) is 8.42 Å². The summed E-state index contributed by atoms with van der Waals surface area (Å²) in [6.07, 6.45) is 0. The van der Waals surface area contributed by atoms with E-state index in [4.69, 9.17) is 0 Å². The molecular formula is C12H9O2S. The fourth-order valence-corrected chi connectivity index (χ4v) is 2.52. The zero-order valence-corrected chi connectivity index (χ0v) is 8.74. The Kier molecular flexibility index (Phi) is 2.56. The van der Waals surface area contributed by atoms with Crippen LogP contribution < -0.4 is 0 Å². The van der Waals surface area contributed by atoms with Gasteiger partial charge in [-0.2, -0.15) is 0 Å². The first kappa shape index (κ1) is 9.93. The van der Waals surface area contributed by atoms with Gasteiger partial charge < -0.3 is 0 Å². The number of sulfone groups is 1. The lowest BCUT2D eigenvalue weighted by molar-refractivity contribution is 0.596. The first-order valence-electron chi connectivity index (χ1n) is 4.48. The lowest BCUT2D eigenvalue weighted by Gasteiger charge is -2.02. The van der Waals surface area contributed by atoms with Crippen LogP contribution in [0.25, 0.3) is 0 Å². The molecule has 0 N–H and O–H groups in total. The first-order valence-corrected chi connectivity index (χ1v) is 5.96. The molecule has 2 nitrogen and oxygen atoms in total. The van der Waals surface area contributed by atoms with Crippen molar-refractivity contribution in [3.05, 3.63) is 60.7 Å². The summed E-state index contributed by atoms with van der Waals surface area (Å²) >= 11 is 0. The molecule has 2 rings (SSSR count). The van der Waals surface area contributed by atoms with Gasteiger partial charge in [-0.25, -0.2) is 8.42 Å². The molecular weight excluding hydrogens is 208 g/mol. The third kappa shape index (κ3) is 1.92. The fourth-order valence-electron chi connectivity index (χ4n) is 1.27. The van der Waals surface area contributed by atoms with Crippen molar-refractivity contribution in [3.63, 3.8) is 0 Å². The second-order valence-corrected chi connectivity index (χ2v) is 4.96. The van der Waals surface area contributed by atoms with E-state index in [1.807, 2.05) is 0 Å². The van der Waals surface area contributed by atoms with Crippen molar-refractivity contribution in [2.75, 3.05) is 0 Å². The molecule has 2 aromatic carbocycles. The molecule has 2 aromatic rings. The van der Waals surface area contributed by atoms with Gasteiger partial charge in [0.2, 0.25) is 9.84 Å². The summed E-state index contributed by atoms with van der Waals surface area (Å²) < 4.78 is 24.0. The van der Waals surface area contributed by atoms with Gasteiger partial charge in [0.25, 0.3) is 0 Å². The molecule has 75 valence electrons. The molecule has 0 spiro atoms. The van der Waals surface area contributed by atoms with Crippen molar-refractivity contribution < 1.29 is 8.42 Å². The van der Waals surface area contributed by atoms with Gasteiger partial charge >= 0.3 is 0 Å². The summed E-state index contributed by atoms with van der Waals surface area (Å²) in [7, 11) is -3.39. The van der Waals surface area contributed by atoms with Gasteiger partial charge in [-0.1, -0.05) is 36.4 Å². The first-order chi connectivity index (χ1) is 7.21. The molecule has 1 radical (unpaired) electrons. The fraction of sp³-hybridized carbons (Fsp3) is 0. The lowest BCUT2D eigenvalue weighted by atomic mass is 10.4. The van der Waals surface area contributed by atoms with Gasteiger partial charge in [-0.15, -0.1) is 0 Å². The van der Waals surface area contributed by atoms with Gasteiger partial charge in [0.05, 0.1) is 9.79 Å². The summed E-state index contributed by atoms with van der Waals surface area (Å²) in [5.41, 5.74) is 0. The minimum absolute atomic E-state index is 0.205. The third-order valence-corrected chi connectivity index (χ3v) is 3.75. The largest absolute Gasteiger partial charge is 0.218 e. The molecule has 0 unspecified atom stereocenters. The van der Waals surface area contributed by atoms with E-state index in [0.29, 0.717) is 4.90 Å². The SMILES string of the molecule is O=S(=O)(c1[c]cccc1)c1ccccc1. The lowest BCUT2D eigenvalue weighted by Crippen LogP contribution is -2.01. The molecule has 0 aromatic heterocycles. The van der Waals surface area contributed by atoms with E-state index in [-0.39, 0.29) is 4.90 Å². The van der Waals surface area contributed by atoms with Crippen molar-refractivity contribution in [2.45, 2.75) is 9.79 Å². The topological polar surface area (TPSA) is 34.1 Å². The Morgan fingerprint density at radius 2 is 1.53 bits per heavy atom. The Balaban J connectivity index is 2.55. The zero-order valence-electron chi connectivity index (χ0n) is 7.92. The van der Waals surface area contributed by atoms with Crippen molar-refractivity contribution >= 4 is 9.84 Å². The monoisotopic (exact) mass is 217 g/mol. The van der Waals surface area contributed by atoms with E-state index >= 15 is 0 Å². The minimum Gasteiger partial charge on any atom is -0.218 e. The van der Waals surface area contributed by atoms with Crippen molar-refractivity contribution in [1.29, 1.82) is 0 Å². The predicted octanol–water partition coefficient (Wildman–Crippen LogP) is 2.32. The second kappa shape index (κ2) is 3.87. The Bertz CT molecular complexity index is 485. The minimum atomic E-state index is -3.39. The van der Waals surface area contributed by atoms with Crippen molar-refractivity contribution in [2.24, 2.45) is 0 Å². The van der Waals surface area contributed by atoms with Crippen LogP contribution in [0.2, 0.25) is 0 Å². The maximum atomic E-state index is 12.0. The normalized spacial score (nSPS) is 11.2. The Morgan fingerprint density at radius 3 is 2.13 bits per heavy atom. The van der Waals surface area contributed by atoms with Crippen LogP contribution in [0.1, 0.15) is 0 Å². The number of hydrogen-bond acceptors (Lipinski definition) is 2. The molecule has 0 bridgehead atoms. The molecule has 0 saturated heterocycles. The quantitative estimate of drug-likeness (QED) is 0.773. The van der Waals surface area contributed by atoms with Crippen LogP contribution in [0.3, 0.4) is 0 Å². The predicted molar refractivity (Wildman–Crippen MR) is 57.2 cm³/mol. The molecule has 0 fully saturated rings. The molecule has 0 aliphatic carbocycles. The average molecular weight is 217 g/mol. The molecule has 0 aliphatic heterocycles. The van der Waals surface area contributed by atoms with Crippen LogP contribution in [0.5, 0.6) is 0 Å². The van der Waals surface area contributed by atoms with E-state index in [0.717, 1.165) is 0 Å². The molecule has 0 saturated carbocycles.